The number of ketones is 1. The molecule has 1 heterocycles. The van der Waals surface area contributed by atoms with Crippen LogP contribution in [0.2, 0.25) is 0 Å². The molecule has 2 aromatic rings. The summed E-state index contributed by atoms with van der Waals surface area (Å²) in [4.78, 5) is 16.0. The number of carbonyl (C=O) groups is 1. The van der Waals surface area contributed by atoms with Crippen LogP contribution in [0.1, 0.15) is 29.3 Å². The number of hydrogen-bond acceptors (Lipinski definition) is 4. The van der Waals surface area contributed by atoms with Crippen LogP contribution in [0.4, 0.5) is 5.69 Å². The maximum absolute atomic E-state index is 12.2. The molecule has 2 rings (SSSR count). The van der Waals surface area contributed by atoms with Crippen molar-refractivity contribution in [3.63, 3.8) is 0 Å². The van der Waals surface area contributed by atoms with E-state index in [0.717, 1.165) is 0 Å². The normalized spacial score (nSPS) is 11.1. The minimum Gasteiger partial charge on any atom is -0.289 e. The molecule has 1 aromatic heterocycles. The van der Waals surface area contributed by atoms with Crippen LogP contribution in [0.15, 0.2) is 48.8 Å². The summed E-state index contributed by atoms with van der Waals surface area (Å²) >= 11 is 0. The SMILES string of the molecule is CCCS(=O)(=O)Nc1ccc(C(=O)c2ccncc2)cc1. The number of rotatable bonds is 6. The second-order valence-corrected chi connectivity index (χ2v) is 6.41. The van der Waals surface area contributed by atoms with Gasteiger partial charge in [-0.2, -0.15) is 0 Å². The van der Waals surface area contributed by atoms with E-state index in [-0.39, 0.29) is 11.5 Å². The van der Waals surface area contributed by atoms with E-state index in [1.807, 2.05) is 0 Å². The molecule has 0 aliphatic carbocycles. The minimum atomic E-state index is -3.31. The van der Waals surface area contributed by atoms with Crippen LogP contribution in [0.3, 0.4) is 0 Å². The van der Waals surface area contributed by atoms with Crippen LogP contribution < -0.4 is 4.72 Å². The van der Waals surface area contributed by atoms with Crippen LogP contribution in [-0.2, 0) is 10.0 Å². The van der Waals surface area contributed by atoms with Gasteiger partial charge in [0.2, 0.25) is 10.0 Å². The number of carbonyl (C=O) groups excluding carboxylic acids is 1. The van der Waals surface area contributed by atoms with Gasteiger partial charge in [-0.15, -0.1) is 0 Å². The first-order valence-electron chi connectivity index (χ1n) is 6.57. The molecule has 5 nitrogen and oxygen atoms in total. The highest BCUT2D eigenvalue weighted by Crippen LogP contribution is 2.14. The Morgan fingerprint density at radius 2 is 1.62 bits per heavy atom. The van der Waals surface area contributed by atoms with Crippen molar-refractivity contribution in [1.82, 2.24) is 4.98 Å². The zero-order valence-electron chi connectivity index (χ0n) is 11.6. The molecule has 0 spiro atoms. The number of benzene rings is 1. The fourth-order valence-electron chi connectivity index (χ4n) is 1.86. The lowest BCUT2D eigenvalue weighted by atomic mass is 10.0. The molecule has 1 N–H and O–H groups in total. The number of hydrogen-bond donors (Lipinski definition) is 1. The van der Waals surface area contributed by atoms with Gasteiger partial charge in [-0.3, -0.25) is 14.5 Å². The second kappa shape index (κ2) is 6.49. The molecule has 0 bridgehead atoms. The summed E-state index contributed by atoms with van der Waals surface area (Å²) in [6.45, 7) is 1.80. The average molecular weight is 304 g/mol. The third-order valence-corrected chi connectivity index (χ3v) is 4.33. The van der Waals surface area contributed by atoms with E-state index in [2.05, 4.69) is 9.71 Å². The molecule has 0 amide bonds. The van der Waals surface area contributed by atoms with Crippen molar-refractivity contribution < 1.29 is 13.2 Å². The van der Waals surface area contributed by atoms with Crippen LogP contribution >= 0.6 is 0 Å². The molecule has 0 unspecified atom stereocenters. The molecule has 0 aliphatic rings. The third kappa shape index (κ3) is 4.13. The molecular weight excluding hydrogens is 288 g/mol. The van der Waals surface area contributed by atoms with Gasteiger partial charge in [0.1, 0.15) is 0 Å². The van der Waals surface area contributed by atoms with Crippen molar-refractivity contribution in [2.75, 3.05) is 10.5 Å². The molecule has 6 heteroatoms. The van der Waals surface area contributed by atoms with Gasteiger partial charge in [0, 0.05) is 29.2 Å². The molecule has 0 radical (unpaired) electrons. The van der Waals surface area contributed by atoms with Gasteiger partial charge in [0.15, 0.2) is 5.78 Å². The third-order valence-electron chi connectivity index (χ3n) is 2.84. The molecule has 110 valence electrons. The Morgan fingerprint density at radius 3 is 2.19 bits per heavy atom. The van der Waals surface area contributed by atoms with Crippen molar-refractivity contribution in [2.45, 2.75) is 13.3 Å². The van der Waals surface area contributed by atoms with Gasteiger partial charge >= 0.3 is 0 Å². The number of pyridine rings is 1. The van der Waals surface area contributed by atoms with Gasteiger partial charge < -0.3 is 0 Å². The Morgan fingerprint density at radius 1 is 1.05 bits per heavy atom. The summed E-state index contributed by atoms with van der Waals surface area (Å²) in [6, 6.07) is 9.66. The lowest BCUT2D eigenvalue weighted by Gasteiger charge is -2.07. The predicted octanol–water partition coefficient (Wildman–Crippen LogP) is 2.46. The number of nitrogens with zero attached hydrogens (tertiary/aromatic N) is 1. The van der Waals surface area contributed by atoms with E-state index in [4.69, 9.17) is 0 Å². The Kier molecular flexibility index (Phi) is 4.70. The quantitative estimate of drug-likeness (QED) is 0.832. The zero-order valence-corrected chi connectivity index (χ0v) is 12.4. The van der Waals surface area contributed by atoms with E-state index in [1.54, 1.807) is 55.7 Å². The van der Waals surface area contributed by atoms with Gasteiger partial charge in [-0.25, -0.2) is 8.42 Å². The summed E-state index contributed by atoms with van der Waals surface area (Å²) in [6.07, 6.45) is 3.66. The Labute approximate surface area is 124 Å². The van der Waals surface area contributed by atoms with E-state index >= 15 is 0 Å². The van der Waals surface area contributed by atoms with Crippen LogP contribution in [0.5, 0.6) is 0 Å². The molecule has 0 atom stereocenters. The molecule has 0 saturated carbocycles. The smallest absolute Gasteiger partial charge is 0.232 e. The lowest BCUT2D eigenvalue weighted by Crippen LogP contribution is -2.16. The summed E-state index contributed by atoms with van der Waals surface area (Å²) in [5.41, 5.74) is 1.50. The Balaban J connectivity index is 2.14. The molecular formula is C15H16N2O3S. The maximum Gasteiger partial charge on any atom is 0.232 e. The fraction of sp³-hybridized carbons (Fsp3) is 0.200. The first kappa shape index (κ1) is 15.2. The summed E-state index contributed by atoms with van der Waals surface area (Å²) in [5.74, 6) is -0.0506. The molecule has 1 aromatic carbocycles. The first-order valence-corrected chi connectivity index (χ1v) is 8.22. The van der Waals surface area contributed by atoms with Gasteiger partial charge in [-0.1, -0.05) is 6.92 Å². The van der Waals surface area contributed by atoms with Crippen LogP contribution in [-0.4, -0.2) is 24.9 Å². The predicted molar refractivity (Wildman–Crippen MR) is 81.8 cm³/mol. The van der Waals surface area contributed by atoms with Gasteiger partial charge in [0.05, 0.1) is 5.75 Å². The van der Waals surface area contributed by atoms with Crippen molar-refractivity contribution >= 4 is 21.5 Å². The van der Waals surface area contributed by atoms with E-state index in [9.17, 15) is 13.2 Å². The highest BCUT2D eigenvalue weighted by molar-refractivity contribution is 7.92. The highest BCUT2D eigenvalue weighted by atomic mass is 32.2. The highest BCUT2D eigenvalue weighted by Gasteiger charge is 2.11. The Bertz CT molecular complexity index is 710. The monoisotopic (exact) mass is 304 g/mol. The van der Waals surface area contributed by atoms with Crippen molar-refractivity contribution in [1.29, 1.82) is 0 Å². The maximum atomic E-state index is 12.2. The first-order chi connectivity index (χ1) is 10.0. The molecule has 0 fully saturated rings. The lowest BCUT2D eigenvalue weighted by molar-refractivity contribution is 0.103. The van der Waals surface area contributed by atoms with Gasteiger partial charge in [-0.05, 0) is 42.8 Å². The standard InChI is InChI=1S/C15H16N2O3S/c1-2-11-21(19,20)17-14-5-3-12(4-6-14)15(18)13-7-9-16-10-8-13/h3-10,17H,2,11H2,1H3. The average Bonchev–Trinajstić information content (AvgIpc) is 2.48. The summed E-state index contributed by atoms with van der Waals surface area (Å²) in [5, 5.41) is 0. The number of anilines is 1. The minimum absolute atomic E-state index is 0.0741. The van der Waals surface area contributed by atoms with E-state index in [0.29, 0.717) is 23.2 Å². The summed E-state index contributed by atoms with van der Waals surface area (Å²) < 4.78 is 25.8. The van der Waals surface area contributed by atoms with Crippen LogP contribution in [0, 0.1) is 0 Å². The van der Waals surface area contributed by atoms with Gasteiger partial charge in [0.25, 0.3) is 0 Å². The molecule has 0 aliphatic heterocycles. The molecule has 21 heavy (non-hydrogen) atoms. The number of nitrogens with one attached hydrogen (secondary N) is 1. The summed E-state index contributed by atoms with van der Waals surface area (Å²) in [7, 11) is -3.31. The second-order valence-electron chi connectivity index (χ2n) is 4.56. The topological polar surface area (TPSA) is 76.1 Å². The van der Waals surface area contributed by atoms with Crippen molar-refractivity contribution in [3.05, 3.63) is 59.9 Å². The number of sulfonamides is 1. The largest absolute Gasteiger partial charge is 0.289 e. The van der Waals surface area contributed by atoms with E-state index < -0.39 is 10.0 Å². The van der Waals surface area contributed by atoms with Crippen molar-refractivity contribution in [3.8, 4) is 0 Å². The Hall–Kier alpha value is -2.21. The van der Waals surface area contributed by atoms with Crippen molar-refractivity contribution in [2.24, 2.45) is 0 Å². The fourth-order valence-corrected chi connectivity index (χ4v) is 2.99. The van der Waals surface area contributed by atoms with Crippen LogP contribution in [0.25, 0.3) is 0 Å². The molecule has 0 saturated heterocycles. The zero-order chi connectivity index (χ0) is 15.3. The number of aromatic nitrogens is 1. The van der Waals surface area contributed by atoms with E-state index in [1.165, 1.54) is 0 Å².